The lowest BCUT2D eigenvalue weighted by Gasteiger charge is -2.13. The quantitative estimate of drug-likeness (QED) is 0.281. The molecule has 1 fully saturated rings. The van der Waals surface area contributed by atoms with Crippen LogP contribution < -0.4 is 10.6 Å². The zero-order valence-electron chi connectivity index (χ0n) is 16.4. The van der Waals surface area contributed by atoms with Crippen molar-refractivity contribution in [3.63, 3.8) is 0 Å². The average Bonchev–Trinajstić information content (AvgIpc) is 3.33. The first kappa shape index (κ1) is 20.2. The van der Waals surface area contributed by atoms with Gasteiger partial charge in [0.05, 0.1) is 0 Å². The van der Waals surface area contributed by atoms with Crippen LogP contribution >= 0.6 is 0 Å². The molecule has 1 heterocycles. The molecule has 152 valence electrons. The summed E-state index contributed by atoms with van der Waals surface area (Å²) in [6, 6.07) is 4.76. The fraction of sp³-hybridized carbons (Fsp3) is 0.524. The summed E-state index contributed by atoms with van der Waals surface area (Å²) in [4.78, 5) is 19.2. The van der Waals surface area contributed by atoms with E-state index in [4.69, 9.17) is 4.74 Å². The standard InChI is InChI=1S/C21H29FN4O2/c1-23-21(24-11-4-7-20(27)28-17-5-2-3-6-17)25-12-10-15-14-26-19-9-8-16(22)13-18(15)19/h8-9,13-14,17,26H,2-7,10-12H2,1H3,(H2,23,24,25). The lowest BCUT2D eigenvalue weighted by atomic mass is 10.1. The van der Waals surface area contributed by atoms with Gasteiger partial charge in [0.25, 0.3) is 0 Å². The van der Waals surface area contributed by atoms with E-state index in [1.54, 1.807) is 19.2 Å². The molecule has 1 aliphatic rings. The molecule has 0 bridgehead atoms. The van der Waals surface area contributed by atoms with Gasteiger partial charge < -0.3 is 20.4 Å². The summed E-state index contributed by atoms with van der Waals surface area (Å²) in [6.45, 7) is 1.32. The Morgan fingerprint density at radius 2 is 2.07 bits per heavy atom. The first-order chi connectivity index (χ1) is 13.7. The molecule has 0 aliphatic heterocycles. The van der Waals surface area contributed by atoms with E-state index in [0.29, 0.717) is 31.9 Å². The molecule has 0 amide bonds. The number of carbonyl (C=O) groups is 1. The second-order valence-corrected chi connectivity index (χ2v) is 7.18. The highest BCUT2D eigenvalue weighted by Gasteiger charge is 2.18. The van der Waals surface area contributed by atoms with Gasteiger partial charge in [-0.05, 0) is 62.3 Å². The second-order valence-electron chi connectivity index (χ2n) is 7.18. The maximum absolute atomic E-state index is 13.5. The molecule has 1 aliphatic carbocycles. The van der Waals surface area contributed by atoms with E-state index in [2.05, 4.69) is 20.6 Å². The number of halogens is 1. The van der Waals surface area contributed by atoms with Crippen molar-refractivity contribution in [1.29, 1.82) is 0 Å². The number of aliphatic imine (C=N–C) groups is 1. The molecule has 0 spiro atoms. The lowest BCUT2D eigenvalue weighted by Crippen LogP contribution is -2.38. The molecule has 3 rings (SSSR count). The minimum atomic E-state index is -0.231. The molecule has 0 unspecified atom stereocenters. The molecule has 0 radical (unpaired) electrons. The molecular weight excluding hydrogens is 359 g/mol. The highest BCUT2D eigenvalue weighted by atomic mass is 19.1. The Hall–Kier alpha value is -2.57. The van der Waals surface area contributed by atoms with Crippen LogP contribution in [0.2, 0.25) is 0 Å². The number of hydrogen-bond donors (Lipinski definition) is 3. The number of esters is 1. The van der Waals surface area contributed by atoms with Crippen molar-refractivity contribution in [2.75, 3.05) is 20.1 Å². The highest BCUT2D eigenvalue weighted by Crippen LogP contribution is 2.21. The van der Waals surface area contributed by atoms with Gasteiger partial charge in [-0.1, -0.05) is 0 Å². The van der Waals surface area contributed by atoms with Crippen LogP contribution in [0.3, 0.4) is 0 Å². The van der Waals surface area contributed by atoms with Crippen molar-refractivity contribution in [2.24, 2.45) is 4.99 Å². The Bertz CT molecular complexity index is 812. The Balaban J connectivity index is 1.34. The van der Waals surface area contributed by atoms with Crippen LogP contribution in [0, 0.1) is 5.82 Å². The van der Waals surface area contributed by atoms with E-state index in [9.17, 15) is 9.18 Å². The van der Waals surface area contributed by atoms with E-state index < -0.39 is 0 Å². The molecule has 1 aromatic carbocycles. The van der Waals surface area contributed by atoms with E-state index >= 15 is 0 Å². The summed E-state index contributed by atoms with van der Waals surface area (Å²) in [5.41, 5.74) is 2.00. The molecule has 3 N–H and O–H groups in total. The first-order valence-corrected chi connectivity index (χ1v) is 10.0. The van der Waals surface area contributed by atoms with Crippen molar-refractivity contribution in [3.05, 3.63) is 35.8 Å². The topological polar surface area (TPSA) is 78.5 Å². The van der Waals surface area contributed by atoms with Gasteiger partial charge in [0.15, 0.2) is 5.96 Å². The number of fused-ring (bicyclic) bond motifs is 1. The SMILES string of the molecule is CN=C(NCCCC(=O)OC1CCCC1)NCCc1c[nH]c2ccc(F)cc12. The van der Waals surface area contributed by atoms with Crippen LogP contribution in [0.5, 0.6) is 0 Å². The van der Waals surface area contributed by atoms with Gasteiger partial charge >= 0.3 is 5.97 Å². The molecule has 7 heteroatoms. The van der Waals surface area contributed by atoms with Gasteiger partial charge in [0.1, 0.15) is 11.9 Å². The normalized spacial score (nSPS) is 15.1. The molecule has 0 atom stereocenters. The summed E-state index contributed by atoms with van der Waals surface area (Å²) < 4.78 is 18.9. The summed E-state index contributed by atoms with van der Waals surface area (Å²) in [7, 11) is 1.71. The van der Waals surface area contributed by atoms with E-state index in [1.165, 1.54) is 6.07 Å². The number of hydrogen-bond acceptors (Lipinski definition) is 3. The van der Waals surface area contributed by atoms with E-state index in [1.807, 2.05) is 6.20 Å². The third-order valence-electron chi connectivity index (χ3n) is 5.09. The van der Waals surface area contributed by atoms with Crippen molar-refractivity contribution < 1.29 is 13.9 Å². The largest absolute Gasteiger partial charge is 0.462 e. The van der Waals surface area contributed by atoms with Crippen LogP contribution in [-0.4, -0.2) is 43.2 Å². The number of aromatic nitrogens is 1. The van der Waals surface area contributed by atoms with E-state index in [0.717, 1.165) is 48.6 Å². The second kappa shape index (κ2) is 10.1. The summed E-state index contributed by atoms with van der Waals surface area (Å²) >= 11 is 0. The number of nitrogens with zero attached hydrogens (tertiary/aromatic N) is 1. The molecule has 1 aromatic heterocycles. The van der Waals surface area contributed by atoms with Gasteiger partial charge in [0, 0.05) is 43.7 Å². The Morgan fingerprint density at radius 1 is 1.29 bits per heavy atom. The van der Waals surface area contributed by atoms with Crippen LogP contribution in [0.4, 0.5) is 4.39 Å². The van der Waals surface area contributed by atoms with Gasteiger partial charge in [-0.3, -0.25) is 9.79 Å². The molecule has 0 saturated heterocycles. The molecule has 2 aromatic rings. The number of guanidine groups is 1. The van der Waals surface area contributed by atoms with Gasteiger partial charge in [-0.2, -0.15) is 0 Å². The third kappa shape index (κ3) is 5.71. The predicted molar refractivity (Wildman–Crippen MR) is 109 cm³/mol. The predicted octanol–water partition coefficient (Wildman–Crippen LogP) is 3.28. The Kier molecular flexibility index (Phi) is 7.28. The maximum Gasteiger partial charge on any atom is 0.306 e. The van der Waals surface area contributed by atoms with Crippen LogP contribution in [-0.2, 0) is 16.0 Å². The van der Waals surface area contributed by atoms with Crippen LogP contribution in [0.1, 0.15) is 44.1 Å². The van der Waals surface area contributed by atoms with Crippen molar-refractivity contribution in [2.45, 2.75) is 51.0 Å². The van der Waals surface area contributed by atoms with Crippen LogP contribution in [0.25, 0.3) is 10.9 Å². The summed E-state index contributed by atoms with van der Waals surface area (Å²) in [6.07, 6.45) is 8.25. The summed E-state index contributed by atoms with van der Waals surface area (Å²) in [5, 5.41) is 7.36. The van der Waals surface area contributed by atoms with Crippen molar-refractivity contribution >= 4 is 22.8 Å². The van der Waals surface area contributed by atoms with E-state index in [-0.39, 0.29) is 17.9 Å². The average molecular weight is 388 g/mol. The first-order valence-electron chi connectivity index (χ1n) is 10.0. The number of rotatable bonds is 8. The smallest absolute Gasteiger partial charge is 0.306 e. The molecule has 6 nitrogen and oxygen atoms in total. The zero-order valence-corrected chi connectivity index (χ0v) is 16.4. The Labute approximate surface area is 164 Å². The Morgan fingerprint density at radius 3 is 2.86 bits per heavy atom. The minimum Gasteiger partial charge on any atom is -0.462 e. The number of aromatic amines is 1. The monoisotopic (exact) mass is 388 g/mol. The number of H-pyrrole nitrogens is 1. The number of benzene rings is 1. The third-order valence-corrected chi connectivity index (χ3v) is 5.09. The van der Waals surface area contributed by atoms with Gasteiger partial charge in [-0.15, -0.1) is 0 Å². The molecular formula is C21H29FN4O2. The summed E-state index contributed by atoms with van der Waals surface area (Å²) in [5.74, 6) is 0.351. The van der Waals surface area contributed by atoms with Crippen molar-refractivity contribution in [1.82, 2.24) is 15.6 Å². The lowest BCUT2D eigenvalue weighted by molar-refractivity contribution is -0.148. The van der Waals surface area contributed by atoms with Crippen LogP contribution in [0.15, 0.2) is 29.4 Å². The fourth-order valence-electron chi connectivity index (χ4n) is 3.58. The zero-order chi connectivity index (χ0) is 19.8. The fourth-order valence-corrected chi connectivity index (χ4v) is 3.58. The molecule has 1 saturated carbocycles. The maximum atomic E-state index is 13.5. The number of ether oxygens (including phenoxy) is 1. The molecule has 28 heavy (non-hydrogen) atoms. The van der Waals surface area contributed by atoms with Gasteiger partial charge in [-0.25, -0.2) is 4.39 Å². The van der Waals surface area contributed by atoms with Gasteiger partial charge in [0.2, 0.25) is 0 Å². The number of nitrogens with one attached hydrogen (secondary N) is 3. The minimum absolute atomic E-state index is 0.108. The highest BCUT2D eigenvalue weighted by molar-refractivity contribution is 5.83. The number of carbonyl (C=O) groups excluding carboxylic acids is 1. The van der Waals surface area contributed by atoms with Crippen molar-refractivity contribution in [3.8, 4) is 0 Å².